The van der Waals surface area contributed by atoms with Crippen molar-refractivity contribution in [3.63, 3.8) is 0 Å². The SMILES string of the molecule is CCOc1ccc(C(=O)COC(=O)c2ccc(N3C(=O)CC(N(C)C4CCCCC4)C3=O)cc2)cc1. The largest absolute Gasteiger partial charge is 0.494 e. The summed E-state index contributed by atoms with van der Waals surface area (Å²) in [5.74, 6) is -0.805. The summed E-state index contributed by atoms with van der Waals surface area (Å²) in [4.78, 5) is 53.9. The van der Waals surface area contributed by atoms with Crippen LogP contribution >= 0.6 is 0 Å². The van der Waals surface area contributed by atoms with Crippen LogP contribution in [0.4, 0.5) is 5.69 Å². The van der Waals surface area contributed by atoms with Gasteiger partial charge in [-0.1, -0.05) is 19.3 Å². The first-order valence-electron chi connectivity index (χ1n) is 12.5. The summed E-state index contributed by atoms with van der Waals surface area (Å²) in [5, 5.41) is 0. The predicted molar refractivity (Wildman–Crippen MR) is 134 cm³/mol. The Kier molecular flexibility index (Phi) is 8.15. The second-order valence-corrected chi connectivity index (χ2v) is 9.25. The zero-order valence-electron chi connectivity index (χ0n) is 20.8. The number of amides is 2. The zero-order chi connectivity index (χ0) is 25.7. The summed E-state index contributed by atoms with van der Waals surface area (Å²) in [6, 6.07) is 12.6. The molecular formula is C28H32N2O6. The Bertz CT molecular complexity index is 1110. The first-order chi connectivity index (χ1) is 17.4. The van der Waals surface area contributed by atoms with Crippen LogP contribution in [0.2, 0.25) is 0 Å². The molecule has 2 aromatic rings. The molecule has 4 rings (SSSR count). The standard InChI is InChI=1S/C28H32N2O6/c1-3-35-23-15-11-19(12-16-23)25(31)18-36-28(34)20-9-13-22(14-10-20)30-26(32)17-24(27(30)33)29(2)21-7-5-4-6-8-21/h9-16,21,24H,3-8,17-18H2,1-2H3. The van der Waals surface area contributed by atoms with Crippen LogP contribution < -0.4 is 9.64 Å². The summed E-state index contributed by atoms with van der Waals surface area (Å²) in [5.41, 5.74) is 1.07. The van der Waals surface area contributed by atoms with Crippen molar-refractivity contribution < 1.29 is 28.7 Å². The number of benzene rings is 2. The number of carbonyl (C=O) groups is 4. The van der Waals surface area contributed by atoms with Gasteiger partial charge in [-0.3, -0.25) is 19.3 Å². The molecule has 1 unspecified atom stereocenters. The van der Waals surface area contributed by atoms with Gasteiger partial charge in [0.15, 0.2) is 12.4 Å². The van der Waals surface area contributed by atoms with Gasteiger partial charge in [-0.05, 0) is 75.3 Å². The molecule has 8 heteroatoms. The highest BCUT2D eigenvalue weighted by Gasteiger charge is 2.43. The first-order valence-corrected chi connectivity index (χ1v) is 12.5. The Hall–Kier alpha value is -3.52. The molecule has 2 fully saturated rings. The maximum atomic E-state index is 13.1. The summed E-state index contributed by atoms with van der Waals surface area (Å²) >= 11 is 0. The van der Waals surface area contributed by atoms with E-state index in [2.05, 4.69) is 4.90 Å². The number of ether oxygens (including phenoxy) is 2. The molecule has 1 saturated carbocycles. The fourth-order valence-electron chi connectivity index (χ4n) is 4.90. The molecular weight excluding hydrogens is 460 g/mol. The van der Waals surface area contributed by atoms with Crippen LogP contribution in [0.5, 0.6) is 5.75 Å². The van der Waals surface area contributed by atoms with Gasteiger partial charge in [-0.2, -0.15) is 0 Å². The average molecular weight is 493 g/mol. The van der Waals surface area contributed by atoms with Crippen molar-refractivity contribution in [2.45, 2.75) is 57.5 Å². The van der Waals surface area contributed by atoms with E-state index in [9.17, 15) is 19.2 Å². The Balaban J connectivity index is 1.34. The molecule has 0 N–H and O–H groups in total. The van der Waals surface area contributed by atoms with E-state index in [1.54, 1.807) is 36.4 Å². The maximum absolute atomic E-state index is 13.1. The number of carbonyl (C=O) groups excluding carboxylic acids is 4. The van der Waals surface area contributed by atoms with E-state index in [0.29, 0.717) is 29.6 Å². The van der Waals surface area contributed by atoms with E-state index < -0.39 is 18.6 Å². The normalized spacial score (nSPS) is 18.5. The molecule has 1 aliphatic carbocycles. The second-order valence-electron chi connectivity index (χ2n) is 9.25. The summed E-state index contributed by atoms with van der Waals surface area (Å²) in [6.45, 7) is 2.01. The van der Waals surface area contributed by atoms with Gasteiger partial charge in [0.1, 0.15) is 5.75 Å². The lowest BCUT2D eigenvalue weighted by Gasteiger charge is -2.34. The van der Waals surface area contributed by atoms with Crippen LogP contribution in [0.15, 0.2) is 48.5 Å². The molecule has 1 atom stereocenters. The Morgan fingerprint density at radius 2 is 1.58 bits per heavy atom. The highest BCUT2D eigenvalue weighted by molar-refractivity contribution is 6.22. The number of hydrogen-bond donors (Lipinski definition) is 0. The lowest BCUT2D eigenvalue weighted by Crippen LogP contribution is -2.45. The van der Waals surface area contributed by atoms with Crippen LogP contribution in [0.25, 0.3) is 0 Å². The molecule has 0 bridgehead atoms. The van der Waals surface area contributed by atoms with Gasteiger partial charge in [-0.25, -0.2) is 9.69 Å². The Morgan fingerprint density at radius 3 is 2.22 bits per heavy atom. The van der Waals surface area contributed by atoms with Gasteiger partial charge in [0.2, 0.25) is 5.91 Å². The lowest BCUT2D eigenvalue weighted by atomic mass is 9.93. The molecule has 8 nitrogen and oxygen atoms in total. The first kappa shape index (κ1) is 25.6. The quantitative estimate of drug-likeness (QED) is 0.296. The maximum Gasteiger partial charge on any atom is 0.338 e. The van der Waals surface area contributed by atoms with E-state index in [1.807, 2.05) is 14.0 Å². The number of ketones is 1. The fraction of sp³-hybridized carbons (Fsp3) is 0.429. The molecule has 0 aromatic heterocycles. The minimum absolute atomic E-state index is 0.156. The Morgan fingerprint density at radius 1 is 0.944 bits per heavy atom. The van der Waals surface area contributed by atoms with E-state index in [4.69, 9.17) is 9.47 Å². The molecule has 1 aliphatic heterocycles. The van der Waals surface area contributed by atoms with E-state index in [-0.39, 0.29) is 29.6 Å². The number of anilines is 1. The van der Waals surface area contributed by atoms with Crippen LogP contribution in [0.1, 0.15) is 66.2 Å². The van der Waals surface area contributed by atoms with Gasteiger partial charge in [0.05, 0.1) is 30.3 Å². The third kappa shape index (κ3) is 5.65. The van der Waals surface area contributed by atoms with Gasteiger partial charge >= 0.3 is 5.97 Å². The topological polar surface area (TPSA) is 93.2 Å². The molecule has 0 spiro atoms. The van der Waals surface area contributed by atoms with E-state index in [1.165, 1.54) is 23.5 Å². The number of rotatable bonds is 9. The smallest absolute Gasteiger partial charge is 0.338 e. The van der Waals surface area contributed by atoms with Crippen molar-refractivity contribution in [1.29, 1.82) is 0 Å². The van der Waals surface area contributed by atoms with Crippen molar-refractivity contribution in [3.05, 3.63) is 59.7 Å². The molecule has 2 aliphatic rings. The van der Waals surface area contributed by atoms with Gasteiger partial charge in [0, 0.05) is 11.6 Å². The van der Waals surface area contributed by atoms with Crippen molar-refractivity contribution in [1.82, 2.24) is 4.90 Å². The van der Waals surface area contributed by atoms with Gasteiger partial charge in [-0.15, -0.1) is 0 Å². The van der Waals surface area contributed by atoms with Crippen molar-refractivity contribution in [2.24, 2.45) is 0 Å². The highest BCUT2D eigenvalue weighted by atomic mass is 16.5. The van der Waals surface area contributed by atoms with E-state index in [0.717, 1.165) is 25.7 Å². The summed E-state index contributed by atoms with van der Waals surface area (Å²) < 4.78 is 10.5. The van der Waals surface area contributed by atoms with Crippen LogP contribution in [-0.2, 0) is 14.3 Å². The van der Waals surface area contributed by atoms with Gasteiger partial charge in [0.25, 0.3) is 5.91 Å². The van der Waals surface area contributed by atoms with Crippen molar-refractivity contribution >= 4 is 29.3 Å². The third-order valence-electron chi connectivity index (χ3n) is 6.95. The number of Topliss-reactive ketones (excluding diaryl/α,β-unsaturated/α-hetero) is 1. The monoisotopic (exact) mass is 492 g/mol. The van der Waals surface area contributed by atoms with Crippen LogP contribution in [0.3, 0.4) is 0 Å². The van der Waals surface area contributed by atoms with Crippen LogP contribution in [-0.4, -0.2) is 60.8 Å². The second kappa shape index (κ2) is 11.5. The molecule has 36 heavy (non-hydrogen) atoms. The molecule has 0 radical (unpaired) electrons. The Labute approximate surface area is 211 Å². The molecule has 2 aromatic carbocycles. The van der Waals surface area contributed by atoms with Crippen molar-refractivity contribution in [2.75, 3.05) is 25.2 Å². The molecule has 190 valence electrons. The summed E-state index contributed by atoms with van der Waals surface area (Å²) in [7, 11) is 1.93. The highest BCUT2D eigenvalue weighted by Crippen LogP contribution is 2.30. The number of nitrogens with zero attached hydrogens (tertiary/aromatic N) is 2. The molecule has 1 saturated heterocycles. The number of esters is 1. The van der Waals surface area contributed by atoms with E-state index >= 15 is 0 Å². The predicted octanol–water partition coefficient (Wildman–Crippen LogP) is 4.02. The minimum atomic E-state index is -0.658. The summed E-state index contributed by atoms with van der Waals surface area (Å²) in [6.07, 6.45) is 5.77. The fourth-order valence-corrected chi connectivity index (χ4v) is 4.90. The number of likely N-dealkylation sites (N-methyl/N-ethyl adjacent to an activating group) is 1. The minimum Gasteiger partial charge on any atom is -0.494 e. The lowest BCUT2D eigenvalue weighted by molar-refractivity contribution is -0.123. The van der Waals surface area contributed by atoms with Crippen molar-refractivity contribution in [3.8, 4) is 5.75 Å². The third-order valence-corrected chi connectivity index (χ3v) is 6.95. The zero-order valence-corrected chi connectivity index (χ0v) is 20.8. The average Bonchev–Trinajstić information content (AvgIpc) is 3.21. The number of imide groups is 1. The van der Waals surface area contributed by atoms with Crippen LogP contribution in [0, 0.1) is 0 Å². The molecule has 2 amide bonds. The molecule has 1 heterocycles. The number of hydrogen-bond acceptors (Lipinski definition) is 7. The van der Waals surface area contributed by atoms with Gasteiger partial charge < -0.3 is 9.47 Å².